The molecule has 2 aromatic rings. The fraction of sp³-hybridized carbons (Fsp3) is 0.375. The highest BCUT2D eigenvalue weighted by Gasteiger charge is 2.14. The van der Waals surface area contributed by atoms with Gasteiger partial charge in [0.2, 0.25) is 0 Å². The van der Waals surface area contributed by atoms with Gasteiger partial charge in [0, 0.05) is 10.4 Å². The molecule has 0 amide bonds. The molecular weight excluding hydrogens is 238 g/mol. The number of thiazole rings is 1. The van der Waals surface area contributed by atoms with E-state index in [9.17, 15) is 0 Å². The molecule has 95 valence electrons. The zero-order valence-electron chi connectivity index (χ0n) is 11.1. The second-order valence-corrected chi connectivity index (χ2v) is 5.93. The molecule has 0 saturated carbocycles. The van der Waals surface area contributed by atoms with Gasteiger partial charge >= 0.3 is 0 Å². The van der Waals surface area contributed by atoms with E-state index in [2.05, 4.69) is 45.0 Å². The first-order valence-electron chi connectivity index (χ1n) is 6.54. The lowest BCUT2D eigenvalue weighted by molar-refractivity contribution is 0.625. The molecule has 1 unspecified atom stereocenters. The Kier molecular flexibility index (Phi) is 4.54. The third-order valence-corrected chi connectivity index (χ3v) is 4.24. The summed E-state index contributed by atoms with van der Waals surface area (Å²) in [5, 5.41) is 1.14. The number of aromatic nitrogens is 1. The molecule has 0 N–H and O–H groups in total. The summed E-state index contributed by atoms with van der Waals surface area (Å²) >= 11 is 1.80. The van der Waals surface area contributed by atoms with Crippen LogP contribution in [0.3, 0.4) is 0 Å². The van der Waals surface area contributed by atoms with Crippen molar-refractivity contribution >= 4 is 11.3 Å². The van der Waals surface area contributed by atoms with E-state index < -0.39 is 0 Å². The molecule has 1 aromatic carbocycles. The number of aryl methyl sites for hydroxylation is 1. The number of benzene rings is 1. The van der Waals surface area contributed by atoms with Crippen LogP contribution in [0, 0.1) is 13.8 Å². The molecule has 0 aliphatic rings. The Hall–Kier alpha value is -1.15. The highest BCUT2D eigenvalue weighted by molar-refractivity contribution is 7.15. The number of rotatable bonds is 5. The Balaban J connectivity index is 2.22. The molecule has 1 heterocycles. The average Bonchev–Trinajstić information content (AvgIpc) is 2.79. The van der Waals surface area contributed by atoms with Crippen molar-refractivity contribution < 1.29 is 0 Å². The van der Waals surface area contributed by atoms with Gasteiger partial charge in [-0.25, -0.2) is 4.98 Å². The van der Waals surface area contributed by atoms with E-state index in [4.69, 9.17) is 4.98 Å². The Morgan fingerprint density at radius 3 is 2.67 bits per heavy atom. The smallest absolute Gasteiger partial charge is 0.123 e. The van der Waals surface area contributed by atoms with Crippen LogP contribution in [0.1, 0.15) is 42.7 Å². The molecule has 1 aromatic heterocycles. The first-order valence-corrected chi connectivity index (χ1v) is 7.36. The predicted octanol–water partition coefficient (Wildman–Crippen LogP) is 5.23. The molecule has 18 heavy (non-hydrogen) atoms. The van der Waals surface area contributed by atoms with Gasteiger partial charge in [-0.3, -0.25) is 0 Å². The second-order valence-electron chi connectivity index (χ2n) is 4.72. The van der Waals surface area contributed by atoms with Crippen LogP contribution in [-0.2, 0) is 0 Å². The standard InChI is InChI=1S/C16H20NS/c1-4-5-9-12(2)15-13(3)18-16(17-15)14-10-7-6-8-11-14/h6-8,10-12H,1,4-5,9H2,2-3H3. The van der Waals surface area contributed by atoms with Crippen LogP contribution in [0.2, 0.25) is 0 Å². The minimum absolute atomic E-state index is 0.542. The second kappa shape index (κ2) is 6.14. The van der Waals surface area contributed by atoms with Gasteiger partial charge in [0.05, 0.1) is 5.69 Å². The van der Waals surface area contributed by atoms with Crippen molar-refractivity contribution in [3.05, 3.63) is 47.8 Å². The quantitative estimate of drug-likeness (QED) is 0.716. The molecule has 0 aliphatic heterocycles. The van der Waals surface area contributed by atoms with E-state index in [1.165, 1.54) is 29.0 Å². The SMILES string of the molecule is [CH2]CCCC(C)c1nc(-c2ccccc2)sc1C. The molecule has 0 bridgehead atoms. The zero-order chi connectivity index (χ0) is 13.0. The summed E-state index contributed by atoms with van der Waals surface area (Å²) in [6.07, 6.45) is 3.38. The molecule has 1 atom stereocenters. The van der Waals surface area contributed by atoms with Gasteiger partial charge in [-0.1, -0.05) is 57.0 Å². The fourth-order valence-electron chi connectivity index (χ4n) is 2.16. The molecule has 0 saturated heterocycles. The van der Waals surface area contributed by atoms with E-state index in [1.807, 2.05) is 6.07 Å². The van der Waals surface area contributed by atoms with Gasteiger partial charge < -0.3 is 0 Å². The summed E-state index contributed by atoms with van der Waals surface area (Å²) in [6, 6.07) is 10.4. The lowest BCUT2D eigenvalue weighted by atomic mass is 10.0. The Morgan fingerprint density at radius 1 is 1.28 bits per heavy atom. The normalized spacial score (nSPS) is 12.6. The third kappa shape index (κ3) is 2.99. The van der Waals surface area contributed by atoms with Crippen LogP contribution in [-0.4, -0.2) is 4.98 Å². The topological polar surface area (TPSA) is 12.9 Å². The van der Waals surface area contributed by atoms with Crippen molar-refractivity contribution in [3.63, 3.8) is 0 Å². The highest BCUT2D eigenvalue weighted by atomic mass is 32.1. The molecule has 1 nitrogen and oxygen atoms in total. The first kappa shape index (κ1) is 13.3. The first-order chi connectivity index (χ1) is 8.72. The molecule has 0 aliphatic carbocycles. The molecular formula is C16H20NS. The predicted molar refractivity (Wildman–Crippen MR) is 79.9 cm³/mol. The molecule has 0 spiro atoms. The minimum atomic E-state index is 0.542. The molecule has 1 radical (unpaired) electrons. The molecule has 2 rings (SSSR count). The maximum atomic E-state index is 4.83. The van der Waals surface area contributed by atoms with Crippen molar-refractivity contribution in [3.8, 4) is 10.6 Å². The number of unbranched alkanes of at least 4 members (excludes halogenated alkanes) is 1. The van der Waals surface area contributed by atoms with Gasteiger partial charge in [0.15, 0.2) is 0 Å². The summed E-state index contributed by atoms with van der Waals surface area (Å²) in [6.45, 7) is 8.36. The van der Waals surface area contributed by atoms with Crippen LogP contribution in [0.5, 0.6) is 0 Å². The Morgan fingerprint density at radius 2 is 2.00 bits per heavy atom. The van der Waals surface area contributed by atoms with E-state index in [0.717, 1.165) is 11.4 Å². The summed E-state index contributed by atoms with van der Waals surface area (Å²) < 4.78 is 0. The van der Waals surface area contributed by atoms with E-state index in [0.29, 0.717) is 5.92 Å². The number of hydrogen-bond donors (Lipinski definition) is 0. The maximum Gasteiger partial charge on any atom is 0.123 e. The van der Waals surface area contributed by atoms with Crippen LogP contribution in [0.15, 0.2) is 30.3 Å². The maximum absolute atomic E-state index is 4.83. The largest absolute Gasteiger partial charge is 0.241 e. The van der Waals surface area contributed by atoms with E-state index in [-0.39, 0.29) is 0 Å². The summed E-state index contributed by atoms with van der Waals surface area (Å²) in [7, 11) is 0. The van der Waals surface area contributed by atoms with Crippen LogP contribution >= 0.6 is 11.3 Å². The van der Waals surface area contributed by atoms with Gasteiger partial charge in [-0.05, 0) is 19.3 Å². The fourth-order valence-corrected chi connectivity index (χ4v) is 3.20. The van der Waals surface area contributed by atoms with Crippen molar-refractivity contribution in [1.29, 1.82) is 0 Å². The van der Waals surface area contributed by atoms with Crippen LogP contribution in [0.25, 0.3) is 10.6 Å². The minimum Gasteiger partial charge on any atom is -0.241 e. The van der Waals surface area contributed by atoms with Crippen LogP contribution < -0.4 is 0 Å². The third-order valence-electron chi connectivity index (χ3n) is 3.21. The monoisotopic (exact) mass is 258 g/mol. The molecule has 2 heteroatoms. The van der Waals surface area contributed by atoms with Crippen molar-refractivity contribution in [2.75, 3.05) is 0 Å². The van der Waals surface area contributed by atoms with Gasteiger partial charge in [-0.15, -0.1) is 11.3 Å². The lowest BCUT2D eigenvalue weighted by Crippen LogP contribution is -1.96. The number of hydrogen-bond acceptors (Lipinski definition) is 2. The number of nitrogens with zero attached hydrogens (tertiary/aromatic N) is 1. The summed E-state index contributed by atoms with van der Waals surface area (Å²) in [4.78, 5) is 6.18. The van der Waals surface area contributed by atoms with Crippen LogP contribution in [0.4, 0.5) is 0 Å². The molecule has 0 fully saturated rings. The Labute approximate surface area is 114 Å². The zero-order valence-corrected chi connectivity index (χ0v) is 12.0. The van der Waals surface area contributed by atoms with E-state index in [1.54, 1.807) is 11.3 Å². The van der Waals surface area contributed by atoms with Gasteiger partial charge in [0.1, 0.15) is 5.01 Å². The lowest BCUT2D eigenvalue weighted by Gasteiger charge is -2.08. The van der Waals surface area contributed by atoms with Crippen molar-refractivity contribution in [2.45, 2.75) is 39.0 Å². The average molecular weight is 258 g/mol. The summed E-state index contributed by atoms with van der Waals surface area (Å²) in [5.74, 6) is 0.542. The van der Waals surface area contributed by atoms with Gasteiger partial charge in [0.25, 0.3) is 0 Å². The Bertz CT molecular complexity index is 487. The summed E-state index contributed by atoms with van der Waals surface area (Å²) in [5.41, 5.74) is 2.49. The van der Waals surface area contributed by atoms with E-state index >= 15 is 0 Å². The van der Waals surface area contributed by atoms with Crippen molar-refractivity contribution in [2.24, 2.45) is 0 Å². The van der Waals surface area contributed by atoms with Crippen molar-refractivity contribution in [1.82, 2.24) is 4.98 Å². The van der Waals surface area contributed by atoms with Gasteiger partial charge in [-0.2, -0.15) is 0 Å². The highest BCUT2D eigenvalue weighted by Crippen LogP contribution is 2.32.